The summed E-state index contributed by atoms with van der Waals surface area (Å²) in [6.07, 6.45) is -3.81. The third-order valence-electron chi connectivity index (χ3n) is 3.32. The summed E-state index contributed by atoms with van der Waals surface area (Å²) in [6.45, 7) is 5.03. The van der Waals surface area contributed by atoms with Crippen LogP contribution in [-0.2, 0) is 16.0 Å². The topological polar surface area (TPSA) is 60.3 Å². The van der Waals surface area contributed by atoms with Crippen LogP contribution in [0.1, 0.15) is 26.3 Å². The van der Waals surface area contributed by atoms with E-state index >= 15 is 0 Å². The van der Waals surface area contributed by atoms with Gasteiger partial charge in [-0.15, -0.1) is 0 Å². The third kappa shape index (κ3) is 4.74. The summed E-state index contributed by atoms with van der Waals surface area (Å²) in [5, 5.41) is 2.54. The fourth-order valence-electron chi connectivity index (χ4n) is 2.32. The van der Waals surface area contributed by atoms with Crippen LogP contribution in [0.4, 0.5) is 18.0 Å². The number of aromatic nitrogens is 1. The molecule has 1 amide bonds. The molecule has 1 heterocycles. The summed E-state index contributed by atoms with van der Waals surface area (Å²) < 4.78 is 43.3. The number of ether oxygens (including phenoxy) is 1. The lowest BCUT2D eigenvalue weighted by molar-refractivity contribution is -0.173. The molecule has 0 radical (unpaired) electrons. The standard InChI is InChI=1S/C17H19F3N2O3/c1-16(2,3)25-15(24)22-10-11(12-6-4-5-7-13(12)22)8-9-21-14(23)17(18,19)20/h4-7,10H,8-9H2,1-3H3,(H,21,23). The smallest absolute Gasteiger partial charge is 0.443 e. The predicted octanol–water partition coefficient (Wildman–Crippen LogP) is 3.65. The molecule has 0 saturated carbocycles. The number of para-hydroxylation sites is 1. The summed E-state index contributed by atoms with van der Waals surface area (Å²) in [7, 11) is 0. The van der Waals surface area contributed by atoms with Crippen molar-refractivity contribution in [3.63, 3.8) is 0 Å². The van der Waals surface area contributed by atoms with E-state index in [1.165, 1.54) is 10.8 Å². The highest BCUT2D eigenvalue weighted by atomic mass is 19.4. The third-order valence-corrected chi connectivity index (χ3v) is 3.32. The molecule has 1 N–H and O–H groups in total. The van der Waals surface area contributed by atoms with E-state index in [0.29, 0.717) is 11.1 Å². The average Bonchev–Trinajstić information content (AvgIpc) is 2.84. The van der Waals surface area contributed by atoms with E-state index in [1.807, 2.05) is 5.32 Å². The van der Waals surface area contributed by atoms with Crippen LogP contribution in [0.3, 0.4) is 0 Å². The van der Waals surface area contributed by atoms with Crippen LogP contribution in [0.15, 0.2) is 30.5 Å². The van der Waals surface area contributed by atoms with E-state index in [0.717, 1.165) is 5.39 Å². The molecule has 0 unspecified atom stereocenters. The number of benzene rings is 1. The zero-order valence-electron chi connectivity index (χ0n) is 14.1. The molecule has 0 aliphatic rings. The van der Waals surface area contributed by atoms with Gasteiger partial charge in [0.2, 0.25) is 0 Å². The number of hydrogen-bond donors (Lipinski definition) is 1. The number of alkyl halides is 3. The molecular weight excluding hydrogens is 337 g/mol. The van der Waals surface area contributed by atoms with Crippen LogP contribution >= 0.6 is 0 Å². The number of amides is 1. The lowest BCUT2D eigenvalue weighted by Gasteiger charge is -2.19. The zero-order chi connectivity index (χ0) is 18.8. The van der Waals surface area contributed by atoms with E-state index in [1.54, 1.807) is 45.0 Å². The summed E-state index contributed by atoms with van der Waals surface area (Å²) in [5.74, 6) is -1.98. The summed E-state index contributed by atoms with van der Waals surface area (Å²) in [4.78, 5) is 23.2. The maximum Gasteiger partial charge on any atom is 0.471 e. The van der Waals surface area contributed by atoms with E-state index in [-0.39, 0.29) is 13.0 Å². The van der Waals surface area contributed by atoms with Crippen molar-refractivity contribution >= 4 is 22.9 Å². The average molecular weight is 356 g/mol. The summed E-state index contributed by atoms with van der Waals surface area (Å²) in [6, 6.07) is 6.99. The van der Waals surface area contributed by atoms with Crippen molar-refractivity contribution in [1.29, 1.82) is 0 Å². The Labute approximate surface area is 142 Å². The largest absolute Gasteiger partial charge is 0.471 e. The molecule has 0 spiro atoms. The Morgan fingerprint density at radius 2 is 1.80 bits per heavy atom. The Bertz CT molecular complexity index is 789. The number of nitrogens with one attached hydrogen (secondary N) is 1. The first-order chi connectivity index (χ1) is 11.5. The lowest BCUT2D eigenvalue weighted by Crippen LogP contribution is -2.37. The minimum Gasteiger partial charge on any atom is -0.443 e. The van der Waals surface area contributed by atoms with E-state index in [9.17, 15) is 22.8 Å². The molecule has 8 heteroatoms. The maximum atomic E-state index is 12.3. The van der Waals surface area contributed by atoms with Gasteiger partial charge < -0.3 is 10.1 Å². The second-order valence-corrected chi connectivity index (χ2v) is 6.53. The molecule has 2 rings (SSSR count). The van der Waals surface area contributed by atoms with E-state index < -0.39 is 23.8 Å². The molecule has 0 aliphatic heterocycles. The van der Waals surface area contributed by atoms with Gasteiger partial charge in [0.1, 0.15) is 5.60 Å². The van der Waals surface area contributed by atoms with Gasteiger partial charge in [-0.3, -0.25) is 9.36 Å². The molecule has 0 atom stereocenters. The molecule has 0 bridgehead atoms. The van der Waals surface area contributed by atoms with Gasteiger partial charge in [-0.1, -0.05) is 18.2 Å². The monoisotopic (exact) mass is 356 g/mol. The van der Waals surface area contributed by atoms with Crippen LogP contribution in [0.25, 0.3) is 10.9 Å². The second kappa shape index (κ2) is 6.78. The molecule has 136 valence electrons. The quantitative estimate of drug-likeness (QED) is 0.913. The molecule has 5 nitrogen and oxygen atoms in total. The highest BCUT2D eigenvalue weighted by Gasteiger charge is 2.38. The minimum absolute atomic E-state index is 0.151. The Morgan fingerprint density at radius 3 is 2.40 bits per heavy atom. The van der Waals surface area contributed by atoms with Gasteiger partial charge >= 0.3 is 18.2 Å². The first-order valence-electron chi connectivity index (χ1n) is 7.66. The maximum absolute atomic E-state index is 12.3. The fraction of sp³-hybridized carbons (Fsp3) is 0.412. The summed E-state index contributed by atoms with van der Waals surface area (Å²) >= 11 is 0. The number of halogens is 3. The van der Waals surface area contributed by atoms with Gasteiger partial charge in [0.05, 0.1) is 5.52 Å². The molecule has 2 aromatic rings. The Hall–Kier alpha value is -2.51. The summed E-state index contributed by atoms with van der Waals surface area (Å²) in [5.41, 5.74) is 0.557. The van der Waals surface area contributed by atoms with Crippen molar-refractivity contribution in [1.82, 2.24) is 9.88 Å². The Balaban J connectivity index is 2.21. The van der Waals surface area contributed by atoms with Crippen molar-refractivity contribution < 1.29 is 27.5 Å². The van der Waals surface area contributed by atoms with Crippen molar-refractivity contribution in [2.45, 2.75) is 39.0 Å². The van der Waals surface area contributed by atoms with Crippen LogP contribution in [0.5, 0.6) is 0 Å². The Morgan fingerprint density at radius 1 is 1.16 bits per heavy atom. The molecule has 0 fully saturated rings. The lowest BCUT2D eigenvalue weighted by atomic mass is 10.1. The molecule has 1 aromatic carbocycles. The van der Waals surface area contributed by atoms with E-state index in [4.69, 9.17) is 4.74 Å². The SMILES string of the molecule is CC(C)(C)OC(=O)n1cc(CCNC(=O)C(F)(F)F)c2ccccc21. The van der Waals surface area contributed by atoms with Gasteiger partial charge in [0.25, 0.3) is 0 Å². The van der Waals surface area contributed by atoms with Crippen LogP contribution in [-0.4, -0.2) is 34.9 Å². The van der Waals surface area contributed by atoms with E-state index in [2.05, 4.69) is 0 Å². The van der Waals surface area contributed by atoms with Gasteiger partial charge in [0.15, 0.2) is 0 Å². The number of carbonyl (C=O) groups excluding carboxylic acids is 2. The molecule has 0 saturated heterocycles. The Kier molecular flexibility index (Phi) is 5.10. The molecule has 0 aliphatic carbocycles. The van der Waals surface area contributed by atoms with Crippen molar-refractivity contribution in [3.05, 3.63) is 36.0 Å². The van der Waals surface area contributed by atoms with Crippen LogP contribution in [0.2, 0.25) is 0 Å². The number of nitrogens with zero attached hydrogens (tertiary/aromatic N) is 1. The van der Waals surface area contributed by atoms with Crippen molar-refractivity contribution in [2.24, 2.45) is 0 Å². The minimum atomic E-state index is -4.91. The second-order valence-electron chi connectivity index (χ2n) is 6.53. The van der Waals surface area contributed by atoms with Crippen molar-refractivity contribution in [3.8, 4) is 0 Å². The molecule has 1 aromatic heterocycles. The number of carbonyl (C=O) groups is 2. The first-order valence-corrected chi connectivity index (χ1v) is 7.66. The van der Waals surface area contributed by atoms with Gasteiger partial charge in [-0.2, -0.15) is 13.2 Å². The fourth-order valence-corrected chi connectivity index (χ4v) is 2.32. The normalized spacial score (nSPS) is 12.2. The molecular formula is C17H19F3N2O3. The molecule has 25 heavy (non-hydrogen) atoms. The highest BCUT2D eigenvalue weighted by Crippen LogP contribution is 2.23. The predicted molar refractivity (Wildman–Crippen MR) is 86.3 cm³/mol. The van der Waals surface area contributed by atoms with Crippen LogP contribution in [0, 0.1) is 0 Å². The van der Waals surface area contributed by atoms with Gasteiger partial charge in [-0.05, 0) is 38.8 Å². The number of hydrogen-bond acceptors (Lipinski definition) is 3. The number of rotatable bonds is 3. The van der Waals surface area contributed by atoms with Crippen LogP contribution < -0.4 is 5.32 Å². The zero-order valence-corrected chi connectivity index (χ0v) is 14.1. The van der Waals surface area contributed by atoms with Gasteiger partial charge in [-0.25, -0.2) is 4.79 Å². The van der Waals surface area contributed by atoms with Crippen molar-refractivity contribution in [2.75, 3.05) is 6.54 Å². The first kappa shape index (κ1) is 18.8. The highest BCUT2D eigenvalue weighted by molar-refractivity contribution is 5.92. The van der Waals surface area contributed by atoms with Gasteiger partial charge in [0, 0.05) is 18.1 Å². The number of fused-ring (bicyclic) bond motifs is 1.